The van der Waals surface area contributed by atoms with Crippen LogP contribution in [0.15, 0.2) is 11.6 Å². The van der Waals surface area contributed by atoms with Gasteiger partial charge in [-0.25, -0.2) is 4.79 Å². The summed E-state index contributed by atoms with van der Waals surface area (Å²) < 4.78 is 0. The van der Waals surface area contributed by atoms with Gasteiger partial charge in [-0.3, -0.25) is 0 Å². The molecule has 0 amide bonds. The van der Waals surface area contributed by atoms with Gasteiger partial charge in [-0.15, -0.1) is 0 Å². The van der Waals surface area contributed by atoms with Crippen LogP contribution in [0.3, 0.4) is 0 Å². The van der Waals surface area contributed by atoms with E-state index in [0.717, 1.165) is 24.2 Å². The van der Waals surface area contributed by atoms with Crippen LogP contribution in [0.1, 0.15) is 46.5 Å². The average molecular weight is 234 g/mol. The maximum atomic E-state index is 10.7. The Morgan fingerprint density at radius 3 is 2.35 bits per heavy atom. The van der Waals surface area contributed by atoms with E-state index in [2.05, 4.69) is 13.8 Å². The molecule has 4 saturated carbocycles. The van der Waals surface area contributed by atoms with E-state index in [4.69, 9.17) is 5.11 Å². The van der Waals surface area contributed by atoms with Gasteiger partial charge < -0.3 is 5.11 Å². The largest absolute Gasteiger partial charge is 0.478 e. The number of carbonyl (C=O) groups is 1. The van der Waals surface area contributed by atoms with Gasteiger partial charge >= 0.3 is 5.97 Å². The first-order valence-electron chi connectivity index (χ1n) is 6.81. The van der Waals surface area contributed by atoms with Crippen LogP contribution in [-0.4, -0.2) is 11.1 Å². The number of aliphatic carboxylic acids is 1. The summed E-state index contributed by atoms with van der Waals surface area (Å²) in [7, 11) is 0. The Bertz CT molecular complexity index is 397. The number of carboxylic acid groups (broad SMARTS) is 1. The van der Waals surface area contributed by atoms with Gasteiger partial charge in [0.1, 0.15) is 0 Å². The molecule has 0 heterocycles. The third kappa shape index (κ3) is 1.19. The standard InChI is InChI=1S/C15H22O2/c1-9(13(16)17)5-4-6-14(2)10-7-11-12(8-10)15(11,14)3/h5,10-12H,4,6-8H2,1-3H3,(H,16,17)/b9-5-/t10?,11-,12+,14-,15?/m0/s1. The minimum absolute atomic E-state index is 0.484. The van der Waals surface area contributed by atoms with Crippen LogP contribution in [0.2, 0.25) is 0 Å². The molecule has 4 bridgehead atoms. The summed E-state index contributed by atoms with van der Waals surface area (Å²) in [6, 6.07) is 0. The second-order valence-corrected chi connectivity index (χ2v) is 6.81. The highest BCUT2D eigenvalue weighted by molar-refractivity contribution is 5.85. The van der Waals surface area contributed by atoms with Crippen molar-refractivity contribution in [1.82, 2.24) is 0 Å². The van der Waals surface area contributed by atoms with Crippen LogP contribution in [0.4, 0.5) is 0 Å². The molecule has 4 rings (SSSR count). The third-order valence-corrected chi connectivity index (χ3v) is 6.58. The molecule has 2 heteroatoms. The van der Waals surface area contributed by atoms with Gasteiger partial charge in [0.25, 0.3) is 0 Å². The van der Waals surface area contributed by atoms with Gasteiger partial charge in [0.15, 0.2) is 0 Å². The first-order valence-corrected chi connectivity index (χ1v) is 6.81. The topological polar surface area (TPSA) is 37.3 Å². The van der Waals surface area contributed by atoms with E-state index in [0.29, 0.717) is 16.4 Å². The molecular formula is C15H22O2. The average Bonchev–Trinajstić information content (AvgIpc) is 2.64. The highest BCUT2D eigenvalue weighted by atomic mass is 16.4. The van der Waals surface area contributed by atoms with Crippen molar-refractivity contribution < 1.29 is 9.90 Å². The van der Waals surface area contributed by atoms with E-state index in [1.807, 2.05) is 6.08 Å². The lowest BCUT2D eigenvalue weighted by Gasteiger charge is -2.34. The van der Waals surface area contributed by atoms with Gasteiger partial charge in [0, 0.05) is 5.57 Å². The zero-order valence-corrected chi connectivity index (χ0v) is 11.0. The fourth-order valence-corrected chi connectivity index (χ4v) is 5.18. The first-order chi connectivity index (χ1) is 7.91. The second kappa shape index (κ2) is 3.15. The minimum atomic E-state index is -0.776. The van der Waals surface area contributed by atoms with Gasteiger partial charge in [-0.05, 0) is 61.2 Å². The van der Waals surface area contributed by atoms with Crippen molar-refractivity contribution in [3.05, 3.63) is 11.6 Å². The molecule has 4 aliphatic carbocycles. The summed E-state index contributed by atoms with van der Waals surface area (Å²) in [5, 5.41) is 8.84. The van der Waals surface area contributed by atoms with Crippen molar-refractivity contribution >= 4 is 5.97 Å². The molecule has 0 radical (unpaired) electrons. The molecule has 94 valence electrons. The molecule has 4 aliphatic rings. The highest BCUT2D eigenvalue weighted by Crippen LogP contribution is 2.87. The summed E-state index contributed by atoms with van der Waals surface area (Å²) in [5.74, 6) is 2.14. The number of carboxylic acids is 1. The fraction of sp³-hybridized carbons (Fsp3) is 0.800. The van der Waals surface area contributed by atoms with E-state index >= 15 is 0 Å². The normalized spacial score (nSPS) is 50.8. The fourth-order valence-electron chi connectivity index (χ4n) is 5.18. The number of hydrogen-bond donors (Lipinski definition) is 1. The number of allylic oxidation sites excluding steroid dienone is 1. The Morgan fingerprint density at radius 2 is 1.94 bits per heavy atom. The van der Waals surface area contributed by atoms with Crippen molar-refractivity contribution in [3.8, 4) is 0 Å². The second-order valence-electron chi connectivity index (χ2n) is 6.81. The molecule has 0 aromatic rings. The molecule has 0 spiro atoms. The van der Waals surface area contributed by atoms with Crippen LogP contribution in [0.25, 0.3) is 0 Å². The zero-order chi connectivity index (χ0) is 12.4. The Morgan fingerprint density at radius 1 is 1.35 bits per heavy atom. The monoisotopic (exact) mass is 234 g/mol. The number of hydrogen-bond acceptors (Lipinski definition) is 1. The van der Waals surface area contributed by atoms with Crippen LogP contribution >= 0.6 is 0 Å². The molecule has 2 nitrogen and oxygen atoms in total. The van der Waals surface area contributed by atoms with E-state index in [1.54, 1.807) is 6.92 Å². The van der Waals surface area contributed by atoms with Crippen LogP contribution in [0, 0.1) is 28.6 Å². The van der Waals surface area contributed by atoms with E-state index in [-0.39, 0.29) is 0 Å². The van der Waals surface area contributed by atoms with E-state index < -0.39 is 5.97 Å². The van der Waals surface area contributed by atoms with Crippen molar-refractivity contribution in [1.29, 1.82) is 0 Å². The Balaban J connectivity index is 1.67. The lowest BCUT2D eigenvalue weighted by molar-refractivity contribution is -0.132. The van der Waals surface area contributed by atoms with Gasteiger partial charge in [0.05, 0.1) is 0 Å². The Hall–Kier alpha value is -0.790. The summed E-state index contributed by atoms with van der Waals surface area (Å²) in [6.45, 7) is 6.62. The lowest BCUT2D eigenvalue weighted by atomic mass is 9.71. The molecular weight excluding hydrogens is 212 g/mol. The molecule has 2 unspecified atom stereocenters. The maximum Gasteiger partial charge on any atom is 0.330 e. The predicted molar refractivity (Wildman–Crippen MR) is 66.5 cm³/mol. The molecule has 0 aliphatic heterocycles. The predicted octanol–water partition coefficient (Wildman–Crippen LogP) is 3.48. The smallest absolute Gasteiger partial charge is 0.330 e. The lowest BCUT2D eigenvalue weighted by Crippen LogP contribution is -2.26. The van der Waals surface area contributed by atoms with E-state index in [1.165, 1.54) is 19.3 Å². The molecule has 5 atom stereocenters. The van der Waals surface area contributed by atoms with Crippen molar-refractivity contribution in [2.24, 2.45) is 28.6 Å². The van der Waals surface area contributed by atoms with Gasteiger partial charge in [0.2, 0.25) is 0 Å². The summed E-state index contributed by atoms with van der Waals surface area (Å²) in [4.78, 5) is 10.7. The molecule has 0 aromatic carbocycles. The minimum Gasteiger partial charge on any atom is -0.478 e. The Kier molecular flexibility index (Phi) is 2.10. The molecule has 0 saturated heterocycles. The van der Waals surface area contributed by atoms with Crippen molar-refractivity contribution in [3.63, 3.8) is 0 Å². The molecule has 1 N–H and O–H groups in total. The Labute approximate surface area is 103 Å². The van der Waals surface area contributed by atoms with Crippen LogP contribution in [-0.2, 0) is 4.79 Å². The quantitative estimate of drug-likeness (QED) is 0.756. The van der Waals surface area contributed by atoms with Crippen LogP contribution in [0.5, 0.6) is 0 Å². The highest BCUT2D eigenvalue weighted by Gasteiger charge is 2.80. The molecule has 17 heavy (non-hydrogen) atoms. The number of rotatable bonds is 4. The summed E-state index contributed by atoms with van der Waals surface area (Å²) in [5.41, 5.74) is 1.58. The third-order valence-electron chi connectivity index (χ3n) is 6.58. The summed E-state index contributed by atoms with van der Waals surface area (Å²) >= 11 is 0. The molecule has 4 fully saturated rings. The van der Waals surface area contributed by atoms with Crippen LogP contribution < -0.4 is 0 Å². The van der Waals surface area contributed by atoms with Gasteiger partial charge in [-0.2, -0.15) is 0 Å². The van der Waals surface area contributed by atoms with E-state index in [9.17, 15) is 4.79 Å². The SMILES string of the molecule is C/C(=C/CC[C@@]1(C)C2C[C@@H]3[C@H](C2)C31C)C(=O)O. The summed E-state index contributed by atoms with van der Waals surface area (Å²) in [6.07, 6.45) is 6.90. The maximum absolute atomic E-state index is 10.7. The first kappa shape index (κ1) is 11.3. The molecule has 0 aromatic heterocycles. The van der Waals surface area contributed by atoms with Gasteiger partial charge in [-0.1, -0.05) is 19.9 Å². The van der Waals surface area contributed by atoms with Crippen molar-refractivity contribution in [2.75, 3.05) is 0 Å². The zero-order valence-electron chi connectivity index (χ0n) is 11.0. The van der Waals surface area contributed by atoms with Crippen molar-refractivity contribution in [2.45, 2.75) is 46.5 Å².